The summed E-state index contributed by atoms with van der Waals surface area (Å²) in [4.78, 5) is 0. The summed E-state index contributed by atoms with van der Waals surface area (Å²) < 4.78 is 3.67. The summed E-state index contributed by atoms with van der Waals surface area (Å²) in [7, 11) is 0. The van der Waals surface area contributed by atoms with Gasteiger partial charge in [0.15, 0.2) is 0 Å². The molecule has 0 aromatic heterocycles. The van der Waals surface area contributed by atoms with E-state index in [1.54, 1.807) is 0 Å². The van der Waals surface area contributed by atoms with Gasteiger partial charge in [-0.05, 0) is 0 Å². The Hall–Kier alpha value is 0.230. The second-order valence-corrected chi connectivity index (χ2v) is 0.422. The highest BCUT2D eigenvalue weighted by atomic mass is 32.1. The number of rotatable bonds is 1. The van der Waals surface area contributed by atoms with Crippen LogP contribution in [0.1, 0.15) is 0 Å². The first-order valence-corrected chi connectivity index (χ1v) is 1.04. The van der Waals surface area contributed by atoms with Gasteiger partial charge in [-0.25, -0.2) is 0 Å². The number of nitrogens with two attached hydrogens (primary N) is 1. The molecule has 0 saturated carbocycles. The first-order valence-electron chi connectivity index (χ1n) is 0.676. The molecule has 0 fully saturated rings. The predicted octanol–water partition coefficient (Wildman–Crippen LogP) is -1.28. The molecule has 0 heterocycles. The lowest BCUT2D eigenvalue weighted by Gasteiger charge is -1.70. The molecule has 0 aliphatic heterocycles. The smallest absolute Gasteiger partial charge is 0.0472 e. The number of hydrogen-bond donors (Lipinski definition) is 3. The Kier molecular flexibility index (Phi) is 3.42. The molecule has 0 spiro atoms. The summed E-state index contributed by atoms with van der Waals surface area (Å²) >= 11 is 3.11. The van der Waals surface area contributed by atoms with Gasteiger partial charge in [0.2, 0.25) is 0 Å². The molecule has 0 aromatic rings. The predicted molar refractivity (Wildman–Crippen MR) is 13.8 cm³/mol. The lowest BCUT2D eigenvalue weighted by atomic mass is 13.3. The van der Waals surface area contributed by atoms with Gasteiger partial charge in [-0.1, -0.05) is 5.64 Å². The van der Waals surface area contributed by atoms with Crippen LogP contribution in [-0.2, 0) is 4.28 Å². The standard InChI is InChI=1S/H3NO2S/c2-1-3-4/h2H,1H2/p+1. The second kappa shape index (κ2) is 3.23. The zero-order chi connectivity index (χ0) is 3.41. The zero-order valence-corrected chi connectivity index (χ0v) is 2.77. The van der Waals surface area contributed by atoms with Gasteiger partial charge in [-0.2, -0.15) is 5.21 Å². The molecular weight excluding hydrogens is 78.1 g/mol. The molecule has 0 saturated heterocycles. The molecule has 0 bridgehead atoms. The van der Waals surface area contributed by atoms with Gasteiger partial charge < -0.3 is 0 Å². The van der Waals surface area contributed by atoms with E-state index in [1.165, 1.54) is 0 Å². The highest BCUT2D eigenvalue weighted by Crippen LogP contribution is 1.48. The molecular formula is H4NO2S+. The van der Waals surface area contributed by atoms with Crippen LogP contribution in [0.2, 0.25) is 0 Å². The van der Waals surface area contributed by atoms with Gasteiger partial charge in [0.05, 0.1) is 0 Å². The van der Waals surface area contributed by atoms with Gasteiger partial charge in [0.25, 0.3) is 0 Å². The lowest BCUT2D eigenvalue weighted by Crippen LogP contribution is -2.77. The minimum Gasteiger partial charge on any atom is -0.185 e. The molecule has 4 heavy (non-hydrogen) atoms. The van der Waals surface area contributed by atoms with Crippen molar-refractivity contribution < 1.29 is 15.1 Å². The Morgan fingerprint density at radius 3 is 2.25 bits per heavy atom. The van der Waals surface area contributed by atoms with Crippen molar-refractivity contribution in [2.24, 2.45) is 0 Å². The van der Waals surface area contributed by atoms with E-state index in [2.05, 4.69) is 17.2 Å². The maximum atomic E-state index is 7.45. The van der Waals surface area contributed by atoms with Crippen LogP contribution in [0, 0.1) is 0 Å². The topological polar surface area (TPSA) is 46.1 Å². The summed E-state index contributed by atoms with van der Waals surface area (Å²) in [5.41, 5.74) is 0.489. The SMILES string of the molecule is O[NH2+]OS. The Balaban J connectivity index is 1.97. The fourth-order valence-corrected chi connectivity index (χ4v) is 0. The molecule has 0 aliphatic carbocycles. The quantitative estimate of drug-likeness (QED) is 0.209. The van der Waals surface area contributed by atoms with Crippen molar-refractivity contribution in [1.29, 1.82) is 0 Å². The summed E-state index contributed by atoms with van der Waals surface area (Å²) in [6, 6.07) is 0. The van der Waals surface area contributed by atoms with E-state index in [1.807, 2.05) is 0 Å². The van der Waals surface area contributed by atoms with Gasteiger partial charge in [-0.15, -0.1) is 4.28 Å². The van der Waals surface area contributed by atoms with Gasteiger partial charge in [0.1, 0.15) is 0 Å². The van der Waals surface area contributed by atoms with E-state index in [4.69, 9.17) is 5.21 Å². The molecule has 0 rings (SSSR count). The van der Waals surface area contributed by atoms with Crippen molar-refractivity contribution in [3.8, 4) is 0 Å². The van der Waals surface area contributed by atoms with Gasteiger partial charge in [-0.3, -0.25) is 0 Å². The third-order valence-corrected chi connectivity index (χ3v) is 0.141. The molecule has 0 atom stereocenters. The highest BCUT2D eigenvalue weighted by Gasteiger charge is 1.55. The van der Waals surface area contributed by atoms with Crippen molar-refractivity contribution in [1.82, 2.24) is 0 Å². The van der Waals surface area contributed by atoms with Crippen LogP contribution in [0.4, 0.5) is 0 Å². The largest absolute Gasteiger partial charge is 0.185 e. The average Bonchev–Trinajstić information content (AvgIpc) is 1.37. The summed E-state index contributed by atoms with van der Waals surface area (Å²) in [5, 5.41) is 7.45. The number of thiol groups is 1. The van der Waals surface area contributed by atoms with E-state index in [-0.39, 0.29) is 0 Å². The zero-order valence-electron chi connectivity index (χ0n) is 1.88. The van der Waals surface area contributed by atoms with Crippen molar-refractivity contribution >= 4 is 12.9 Å². The van der Waals surface area contributed by atoms with E-state index in [0.29, 0.717) is 5.64 Å². The molecule has 0 aromatic carbocycles. The maximum Gasteiger partial charge on any atom is 0.0472 e. The maximum absolute atomic E-state index is 7.45. The molecule has 0 aliphatic rings. The van der Waals surface area contributed by atoms with Crippen molar-refractivity contribution in [2.45, 2.75) is 0 Å². The Morgan fingerprint density at radius 1 is 2.00 bits per heavy atom. The van der Waals surface area contributed by atoms with Crippen LogP contribution in [0.15, 0.2) is 0 Å². The molecule has 26 valence electrons. The lowest BCUT2D eigenvalue weighted by molar-refractivity contribution is -1.04. The molecule has 0 amide bonds. The number of hydrogen-bond acceptors (Lipinski definition) is 3. The van der Waals surface area contributed by atoms with Crippen LogP contribution < -0.4 is 5.64 Å². The summed E-state index contributed by atoms with van der Waals surface area (Å²) in [5.74, 6) is 0. The highest BCUT2D eigenvalue weighted by molar-refractivity contribution is 7.74. The van der Waals surface area contributed by atoms with Crippen LogP contribution >= 0.6 is 12.9 Å². The van der Waals surface area contributed by atoms with Crippen molar-refractivity contribution in [3.05, 3.63) is 0 Å². The molecule has 0 radical (unpaired) electrons. The van der Waals surface area contributed by atoms with Gasteiger partial charge >= 0.3 is 0 Å². The van der Waals surface area contributed by atoms with E-state index in [9.17, 15) is 0 Å². The minimum atomic E-state index is 0.489. The van der Waals surface area contributed by atoms with Crippen LogP contribution in [0.5, 0.6) is 0 Å². The molecule has 4 heteroatoms. The van der Waals surface area contributed by atoms with Crippen LogP contribution in [0.25, 0.3) is 0 Å². The monoisotopic (exact) mass is 82.0 g/mol. The van der Waals surface area contributed by atoms with Crippen LogP contribution in [0.3, 0.4) is 0 Å². The summed E-state index contributed by atoms with van der Waals surface area (Å²) in [6.45, 7) is 0. The first kappa shape index (κ1) is 4.23. The van der Waals surface area contributed by atoms with E-state index in [0.717, 1.165) is 0 Å². The third kappa shape index (κ3) is 2.23. The number of quaternary nitrogens is 1. The van der Waals surface area contributed by atoms with E-state index < -0.39 is 0 Å². The van der Waals surface area contributed by atoms with E-state index >= 15 is 0 Å². The fraction of sp³-hybridized carbons (Fsp3) is 0. The normalized spacial score (nSPS) is 7.50. The fourth-order valence-electron chi connectivity index (χ4n) is 0. The third-order valence-electron chi connectivity index (χ3n) is 0.0471. The molecule has 0 unspecified atom stereocenters. The van der Waals surface area contributed by atoms with Crippen molar-refractivity contribution in [2.75, 3.05) is 0 Å². The Morgan fingerprint density at radius 2 is 2.25 bits per heavy atom. The molecule has 3 nitrogen and oxygen atoms in total. The average molecular weight is 82.1 g/mol. The minimum absolute atomic E-state index is 0.489. The summed E-state index contributed by atoms with van der Waals surface area (Å²) in [6.07, 6.45) is 0. The van der Waals surface area contributed by atoms with Crippen molar-refractivity contribution in [3.63, 3.8) is 0 Å². The Bertz CT molecular complexity index is 8.00. The molecule has 3 N–H and O–H groups in total. The van der Waals surface area contributed by atoms with Gasteiger partial charge in [0, 0.05) is 12.9 Å². The first-order chi connectivity index (χ1) is 1.91. The van der Waals surface area contributed by atoms with Crippen LogP contribution in [-0.4, -0.2) is 5.21 Å². The Labute approximate surface area is 29.1 Å². The second-order valence-electron chi connectivity index (χ2n) is 0.211.